The van der Waals surface area contributed by atoms with Crippen molar-refractivity contribution in [1.29, 1.82) is 0 Å². The van der Waals surface area contributed by atoms with Crippen molar-refractivity contribution >= 4 is 11.6 Å². The van der Waals surface area contributed by atoms with Crippen LogP contribution < -0.4 is 5.73 Å². The second-order valence-electron chi connectivity index (χ2n) is 5.20. The summed E-state index contributed by atoms with van der Waals surface area (Å²) in [6, 6.07) is 0.356. The quantitative estimate of drug-likeness (QED) is 0.811. The van der Waals surface area contributed by atoms with Gasteiger partial charge in [0.25, 0.3) is 5.91 Å². The molecule has 1 heterocycles. The lowest BCUT2D eigenvalue weighted by Gasteiger charge is -2.28. The number of nitrogens with zero attached hydrogens (tertiary/aromatic N) is 2. The minimum Gasteiger partial charge on any atom is -0.330 e. The molecule has 1 aliphatic carbocycles. The van der Waals surface area contributed by atoms with E-state index < -0.39 is 0 Å². The van der Waals surface area contributed by atoms with Crippen LogP contribution in [-0.4, -0.2) is 29.2 Å². The van der Waals surface area contributed by atoms with Crippen LogP contribution in [-0.2, 0) is 4.79 Å². The molecule has 1 amide bonds. The Hall–Kier alpha value is -0.900. The number of hydrogen-bond acceptors (Lipinski definition) is 3. The van der Waals surface area contributed by atoms with E-state index in [2.05, 4.69) is 5.10 Å². The minimum absolute atomic E-state index is 0.000441. The number of rotatable bonds is 4. The van der Waals surface area contributed by atoms with Crippen LogP contribution in [0.4, 0.5) is 0 Å². The maximum absolute atomic E-state index is 12.3. The molecule has 0 spiro atoms. The smallest absolute Gasteiger partial charge is 0.251 e. The predicted octanol–water partition coefficient (Wildman–Crippen LogP) is 1.89. The molecule has 1 unspecified atom stereocenters. The molecule has 1 fully saturated rings. The van der Waals surface area contributed by atoms with Gasteiger partial charge in [-0.25, -0.2) is 5.01 Å². The van der Waals surface area contributed by atoms with Gasteiger partial charge in [-0.3, -0.25) is 4.79 Å². The molecule has 0 aromatic heterocycles. The van der Waals surface area contributed by atoms with Gasteiger partial charge in [-0.2, -0.15) is 5.10 Å². The summed E-state index contributed by atoms with van der Waals surface area (Å²) >= 11 is 0. The maximum Gasteiger partial charge on any atom is 0.251 e. The lowest BCUT2D eigenvalue weighted by atomic mass is 9.93. The molecule has 0 aromatic rings. The summed E-state index contributed by atoms with van der Waals surface area (Å²) in [5, 5.41) is 6.26. The number of nitrogens with two attached hydrogens (primary N) is 1. The van der Waals surface area contributed by atoms with E-state index in [0.29, 0.717) is 12.6 Å². The summed E-state index contributed by atoms with van der Waals surface area (Å²) in [7, 11) is 0. The van der Waals surface area contributed by atoms with Gasteiger partial charge in [-0.05, 0) is 39.2 Å². The Labute approximate surface area is 103 Å². The molecule has 0 saturated heterocycles. The van der Waals surface area contributed by atoms with Crippen LogP contribution in [0.5, 0.6) is 0 Å². The van der Waals surface area contributed by atoms with Crippen molar-refractivity contribution in [3.05, 3.63) is 0 Å². The van der Waals surface area contributed by atoms with Crippen molar-refractivity contribution in [2.75, 3.05) is 6.54 Å². The summed E-state index contributed by atoms with van der Waals surface area (Å²) in [4.78, 5) is 12.3. The van der Waals surface area contributed by atoms with Gasteiger partial charge < -0.3 is 5.73 Å². The van der Waals surface area contributed by atoms with Gasteiger partial charge in [0.15, 0.2) is 0 Å². The van der Waals surface area contributed by atoms with Gasteiger partial charge in [0.05, 0.1) is 12.0 Å². The number of carbonyl (C=O) groups excluding carboxylic acids is 1. The third-order valence-electron chi connectivity index (χ3n) is 3.91. The molecule has 1 saturated carbocycles. The van der Waals surface area contributed by atoms with Crippen molar-refractivity contribution in [3.8, 4) is 0 Å². The van der Waals surface area contributed by atoms with E-state index in [9.17, 15) is 4.79 Å². The molecule has 1 atom stereocenters. The van der Waals surface area contributed by atoms with Crippen molar-refractivity contribution in [2.45, 2.75) is 57.9 Å². The highest BCUT2D eigenvalue weighted by molar-refractivity contribution is 6.06. The van der Waals surface area contributed by atoms with Gasteiger partial charge in [0, 0.05) is 5.71 Å². The molecule has 0 bridgehead atoms. The van der Waals surface area contributed by atoms with Crippen LogP contribution in [0.15, 0.2) is 5.10 Å². The normalized spacial score (nSPS) is 26.5. The summed E-state index contributed by atoms with van der Waals surface area (Å²) in [5.74, 6) is 0.211. The Bertz CT molecular complexity index is 308. The highest BCUT2D eigenvalue weighted by atomic mass is 16.2. The minimum atomic E-state index is 0.000441. The first-order valence-electron chi connectivity index (χ1n) is 6.82. The molecule has 2 rings (SSSR count). The Morgan fingerprint density at radius 3 is 2.71 bits per heavy atom. The summed E-state index contributed by atoms with van der Waals surface area (Å²) in [6.07, 6.45) is 7.76. The van der Waals surface area contributed by atoms with E-state index in [-0.39, 0.29) is 11.8 Å². The molecule has 2 N–H and O–H groups in total. The highest BCUT2D eigenvalue weighted by Crippen LogP contribution is 2.29. The number of hydrazone groups is 1. The number of hydrogen-bond donors (Lipinski definition) is 1. The topological polar surface area (TPSA) is 58.7 Å². The lowest BCUT2D eigenvalue weighted by molar-refractivity contribution is -0.134. The van der Waals surface area contributed by atoms with Crippen molar-refractivity contribution in [3.63, 3.8) is 0 Å². The van der Waals surface area contributed by atoms with E-state index in [4.69, 9.17) is 5.73 Å². The molecule has 0 radical (unpaired) electrons. The molecule has 4 heteroatoms. The second-order valence-corrected chi connectivity index (χ2v) is 5.20. The monoisotopic (exact) mass is 237 g/mol. The molecule has 2 aliphatic rings. The molecular weight excluding hydrogens is 214 g/mol. The Balaban J connectivity index is 1.98. The first kappa shape index (κ1) is 12.6. The largest absolute Gasteiger partial charge is 0.330 e. The van der Waals surface area contributed by atoms with E-state index in [1.165, 1.54) is 19.3 Å². The zero-order chi connectivity index (χ0) is 12.3. The first-order valence-corrected chi connectivity index (χ1v) is 6.82. The average Bonchev–Trinajstić information content (AvgIpc) is 2.64. The zero-order valence-electron chi connectivity index (χ0n) is 10.7. The molecule has 4 nitrogen and oxygen atoms in total. The van der Waals surface area contributed by atoms with Crippen molar-refractivity contribution < 1.29 is 4.79 Å². The number of carbonyl (C=O) groups is 1. The second kappa shape index (κ2) is 5.63. The Kier molecular flexibility index (Phi) is 4.15. The van der Waals surface area contributed by atoms with Crippen LogP contribution in [0.1, 0.15) is 51.9 Å². The van der Waals surface area contributed by atoms with Gasteiger partial charge in [0.2, 0.25) is 0 Å². The fraction of sp³-hybridized carbons (Fsp3) is 0.846. The number of amides is 1. The maximum atomic E-state index is 12.3. The van der Waals surface area contributed by atoms with E-state index in [0.717, 1.165) is 31.4 Å². The standard InChI is InChI=1S/C13H23N3O/c1-10-12(8-5-9-14)13(17)16(15-10)11-6-3-2-4-7-11/h11-12H,2-9,14H2,1H3. The fourth-order valence-electron chi connectivity index (χ4n) is 2.87. The first-order chi connectivity index (χ1) is 8.24. The lowest BCUT2D eigenvalue weighted by Crippen LogP contribution is -2.37. The van der Waals surface area contributed by atoms with Gasteiger partial charge in [-0.15, -0.1) is 0 Å². The predicted molar refractivity (Wildman–Crippen MR) is 68.6 cm³/mol. The van der Waals surface area contributed by atoms with Crippen molar-refractivity contribution in [2.24, 2.45) is 16.8 Å². The summed E-state index contributed by atoms with van der Waals surface area (Å²) < 4.78 is 0. The highest BCUT2D eigenvalue weighted by Gasteiger charge is 2.36. The third-order valence-corrected chi connectivity index (χ3v) is 3.91. The van der Waals surface area contributed by atoms with Crippen LogP contribution in [0, 0.1) is 5.92 Å². The molecule has 0 aromatic carbocycles. The Morgan fingerprint density at radius 1 is 1.35 bits per heavy atom. The SMILES string of the molecule is CC1=NN(C2CCCCC2)C(=O)C1CCCN. The molecule has 1 aliphatic heterocycles. The van der Waals surface area contributed by atoms with Crippen LogP contribution >= 0.6 is 0 Å². The van der Waals surface area contributed by atoms with Crippen LogP contribution in [0.2, 0.25) is 0 Å². The van der Waals surface area contributed by atoms with Crippen LogP contribution in [0.25, 0.3) is 0 Å². The molecular formula is C13H23N3O. The fourth-order valence-corrected chi connectivity index (χ4v) is 2.87. The van der Waals surface area contributed by atoms with Crippen LogP contribution in [0.3, 0.4) is 0 Å². The molecule has 96 valence electrons. The zero-order valence-corrected chi connectivity index (χ0v) is 10.7. The van der Waals surface area contributed by atoms with Gasteiger partial charge >= 0.3 is 0 Å². The Morgan fingerprint density at radius 2 is 2.06 bits per heavy atom. The van der Waals surface area contributed by atoms with E-state index in [1.807, 2.05) is 6.92 Å². The van der Waals surface area contributed by atoms with Crippen molar-refractivity contribution in [1.82, 2.24) is 5.01 Å². The van der Waals surface area contributed by atoms with Gasteiger partial charge in [-0.1, -0.05) is 19.3 Å². The summed E-state index contributed by atoms with van der Waals surface area (Å²) in [6.45, 7) is 2.63. The average molecular weight is 237 g/mol. The summed E-state index contributed by atoms with van der Waals surface area (Å²) in [5.41, 5.74) is 6.49. The van der Waals surface area contributed by atoms with E-state index >= 15 is 0 Å². The molecule has 17 heavy (non-hydrogen) atoms. The third kappa shape index (κ3) is 2.68. The van der Waals surface area contributed by atoms with E-state index in [1.54, 1.807) is 5.01 Å². The van der Waals surface area contributed by atoms with Gasteiger partial charge in [0.1, 0.15) is 0 Å².